The third kappa shape index (κ3) is 4.91. The number of hydrogen-bond acceptors (Lipinski definition) is 4. The fourth-order valence-corrected chi connectivity index (χ4v) is 4.39. The van der Waals surface area contributed by atoms with Gasteiger partial charge in [-0.1, -0.05) is 50.2 Å². The molecule has 0 radical (unpaired) electrons. The van der Waals surface area contributed by atoms with Crippen LogP contribution >= 0.6 is 0 Å². The monoisotopic (exact) mass is 483 g/mol. The summed E-state index contributed by atoms with van der Waals surface area (Å²) in [5.41, 5.74) is 3.47. The van der Waals surface area contributed by atoms with Crippen molar-refractivity contribution in [3.8, 4) is 16.8 Å². The number of rotatable bonds is 7. The maximum Gasteiger partial charge on any atom is 0.311 e. The Labute approximate surface area is 209 Å². The third-order valence-corrected chi connectivity index (χ3v) is 6.09. The summed E-state index contributed by atoms with van der Waals surface area (Å²) in [6.07, 6.45) is 3.15. The van der Waals surface area contributed by atoms with Crippen LogP contribution in [0.15, 0.2) is 77.9 Å². The van der Waals surface area contributed by atoms with Gasteiger partial charge in [-0.15, -0.1) is 0 Å². The van der Waals surface area contributed by atoms with Gasteiger partial charge in [-0.2, -0.15) is 0 Å². The molecule has 1 atom stereocenters. The Morgan fingerprint density at radius 2 is 1.67 bits per heavy atom. The molecule has 0 saturated heterocycles. The lowest BCUT2D eigenvalue weighted by Gasteiger charge is -2.17. The number of carboxylic acid groups (broad SMARTS) is 1. The van der Waals surface area contributed by atoms with Crippen LogP contribution < -0.4 is 10.7 Å². The summed E-state index contributed by atoms with van der Waals surface area (Å²) in [5, 5.41) is 12.8. The smallest absolute Gasteiger partial charge is 0.311 e. The van der Waals surface area contributed by atoms with Crippen molar-refractivity contribution in [2.24, 2.45) is 5.92 Å². The molecule has 36 heavy (non-hydrogen) atoms. The number of carbonyl (C=O) groups excluding carboxylic acids is 1. The number of pyridine rings is 2. The number of benzene rings is 2. The quantitative estimate of drug-likeness (QED) is 0.385. The van der Waals surface area contributed by atoms with E-state index in [0.29, 0.717) is 11.0 Å². The van der Waals surface area contributed by atoms with Crippen LogP contribution in [-0.4, -0.2) is 32.6 Å². The molecule has 2 aromatic heterocycles. The molecule has 2 heterocycles. The standard InChI is InChI=1S/C29H29N3O4/c1-17(2)25(29(35)36)20-12-10-19(11-13-20)21-7-5-8-22(15-21)32-16-24(28(34)31-18(3)4)26(33)23-9-6-14-30-27(23)32/h5-18,25H,1-4H3,(H,31,34)(H,35,36). The number of carbonyl (C=O) groups is 2. The molecule has 184 valence electrons. The Kier molecular flexibility index (Phi) is 7.01. The van der Waals surface area contributed by atoms with E-state index >= 15 is 0 Å². The van der Waals surface area contributed by atoms with Gasteiger partial charge < -0.3 is 15.0 Å². The van der Waals surface area contributed by atoms with Gasteiger partial charge in [0, 0.05) is 24.1 Å². The number of aliphatic carboxylic acids is 1. The molecule has 0 bridgehead atoms. The van der Waals surface area contributed by atoms with Gasteiger partial charge >= 0.3 is 5.97 Å². The van der Waals surface area contributed by atoms with Crippen molar-refractivity contribution < 1.29 is 14.7 Å². The highest BCUT2D eigenvalue weighted by Gasteiger charge is 2.23. The van der Waals surface area contributed by atoms with E-state index in [9.17, 15) is 19.5 Å². The highest BCUT2D eigenvalue weighted by atomic mass is 16.4. The van der Waals surface area contributed by atoms with Crippen molar-refractivity contribution in [3.63, 3.8) is 0 Å². The molecule has 1 amide bonds. The average molecular weight is 484 g/mol. The number of hydrogen-bond donors (Lipinski definition) is 2. The Bertz CT molecular complexity index is 1490. The zero-order valence-corrected chi connectivity index (χ0v) is 20.7. The second-order valence-electron chi connectivity index (χ2n) is 9.48. The molecule has 0 spiro atoms. The predicted molar refractivity (Wildman–Crippen MR) is 141 cm³/mol. The highest BCUT2D eigenvalue weighted by molar-refractivity contribution is 5.97. The van der Waals surface area contributed by atoms with Crippen LogP contribution in [0.4, 0.5) is 0 Å². The zero-order valence-electron chi connectivity index (χ0n) is 20.7. The van der Waals surface area contributed by atoms with Gasteiger partial charge in [0.15, 0.2) is 0 Å². The minimum atomic E-state index is -0.838. The fraction of sp³-hybridized carbons (Fsp3) is 0.241. The van der Waals surface area contributed by atoms with Crippen molar-refractivity contribution in [1.29, 1.82) is 0 Å². The SMILES string of the molecule is CC(C)NC(=O)c1cn(-c2cccc(-c3ccc(C(C(=O)O)C(C)C)cc3)c2)c2ncccc2c1=O. The highest BCUT2D eigenvalue weighted by Crippen LogP contribution is 2.29. The lowest BCUT2D eigenvalue weighted by molar-refractivity contribution is -0.139. The van der Waals surface area contributed by atoms with Crippen LogP contribution in [0.25, 0.3) is 27.8 Å². The lowest BCUT2D eigenvalue weighted by Crippen LogP contribution is -2.34. The second-order valence-corrected chi connectivity index (χ2v) is 9.48. The van der Waals surface area contributed by atoms with E-state index in [2.05, 4.69) is 10.3 Å². The van der Waals surface area contributed by atoms with E-state index in [0.717, 1.165) is 22.4 Å². The molecule has 7 nitrogen and oxygen atoms in total. The van der Waals surface area contributed by atoms with E-state index in [-0.39, 0.29) is 23.0 Å². The van der Waals surface area contributed by atoms with Crippen molar-refractivity contribution in [2.45, 2.75) is 39.7 Å². The first-order valence-electron chi connectivity index (χ1n) is 11.9. The van der Waals surface area contributed by atoms with Crippen LogP contribution in [0.2, 0.25) is 0 Å². The molecule has 0 fully saturated rings. The number of aromatic nitrogens is 2. The van der Waals surface area contributed by atoms with E-state index in [1.54, 1.807) is 22.9 Å². The molecule has 0 aliphatic carbocycles. The molecule has 4 aromatic rings. The Balaban J connectivity index is 1.80. The Morgan fingerprint density at radius 3 is 2.31 bits per heavy atom. The van der Waals surface area contributed by atoms with Crippen LogP contribution in [0.5, 0.6) is 0 Å². The van der Waals surface area contributed by atoms with Gasteiger partial charge in [-0.05, 0) is 60.7 Å². The fourth-order valence-electron chi connectivity index (χ4n) is 4.39. The van der Waals surface area contributed by atoms with Gasteiger partial charge in [0.2, 0.25) is 5.43 Å². The first-order chi connectivity index (χ1) is 17.2. The number of nitrogens with one attached hydrogen (secondary N) is 1. The third-order valence-electron chi connectivity index (χ3n) is 6.09. The summed E-state index contributed by atoms with van der Waals surface area (Å²) in [6, 6.07) is 18.5. The van der Waals surface area contributed by atoms with Gasteiger partial charge in [0.1, 0.15) is 11.2 Å². The second kappa shape index (κ2) is 10.2. The summed E-state index contributed by atoms with van der Waals surface area (Å²) >= 11 is 0. The average Bonchev–Trinajstić information content (AvgIpc) is 2.84. The van der Waals surface area contributed by atoms with Gasteiger partial charge in [0.25, 0.3) is 5.91 Å². The lowest BCUT2D eigenvalue weighted by atomic mass is 9.87. The minimum absolute atomic E-state index is 0.0278. The van der Waals surface area contributed by atoms with Crippen molar-refractivity contribution in [1.82, 2.24) is 14.9 Å². The molecule has 4 rings (SSSR count). The van der Waals surface area contributed by atoms with Gasteiger partial charge in [0.05, 0.1) is 11.3 Å². The van der Waals surface area contributed by atoms with E-state index < -0.39 is 17.8 Å². The molecule has 2 aromatic carbocycles. The molecule has 0 aliphatic heterocycles. The molecule has 1 unspecified atom stereocenters. The summed E-state index contributed by atoms with van der Waals surface area (Å²) < 4.78 is 1.75. The molecule has 0 saturated carbocycles. The molecular formula is C29H29N3O4. The number of fused-ring (bicyclic) bond motifs is 1. The predicted octanol–water partition coefficient (Wildman–Crippen LogP) is 5.02. The van der Waals surface area contributed by atoms with Crippen LogP contribution in [0, 0.1) is 5.92 Å². The van der Waals surface area contributed by atoms with Gasteiger partial charge in [-0.3, -0.25) is 14.4 Å². The normalized spacial score (nSPS) is 12.2. The summed E-state index contributed by atoms with van der Waals surface area (Å²) in [5.74, 6) is -1.87. The molecular weight excluding hydrogens is 454 g/mol. The van der Waals surface area contributed by atoms with Gasteiger partial charge in [-0.25, -0.2) is 4.98 Å². The van der Waals surface area contributed by atoms with Crippen LogP contribution in [-0.2, 0) is 4.79 Å². The number of carboxylic acids is 1. The summed E-state index contributed by atoms with van der Waals surface area (Å²) in [4.78, 5) is 42.0. The Hall–Kier alpha value is -4.26. The van der Waals surface area contributed by atoms with Crippen molar-refractivity contribution in [2.75, 3.05) is 0 Å². The maximum absolute atomic E-state index is 13.1. The summed E-state index contributed by atoms with van der Waals surface area (Å²) in [7, 11) is 0. The number of nitrogens with zero attached hydrogens (tertiary/aromatic N) is 2. The van der Waals surface area contributed by atoms with Crippen LogP contribution in [0.3, 0.4) is 0 Å². The Morgan fingerprint density at radius 1 is 0.944 bits per heavy atom. The maximum atomic E-state index is 13.1. The zero-order chi connectivity index (χ0) is 26.0. The number of amides is 1. The molecule has 0 aliphatic rings. The first-order valence-corrected chi connectivity index (χ1v) is 11.9. The van der Waals surface area contributed by atoms with Crippen molar-refractivity contribution in [3.05, 3.63) is 94.4 Å². The van der Waals surface area contributed by atoms with Crippen molar-refractivity contribution >= 4 is 22.9 Å². The van der Waals surface area contributed by atoms with E-state index in [4.69, 9.17) is 0 Å². The van der Waals surface area contributed by atoms with E-state index in [1.165, 1.54) is 6.20 Å². The largest absolute Gasteiger partial charge is 0.481 e. The molecule has 2 N–H and O–H groups in total. The van der Waals surface area contributed by atoms with Crippen LogP contribution in [0.1, 0.15) is 49.5 Å². The topological polar surface area (TPSA) is 101 Å². The van der Waals surface area contributed by atoms with E-state index in [1.807, 2.05) is 76.2 Å². The minimum Gasteiger partial charge on any atom is -0.481 e. The molecule has 7 heteroatoms. The summed E-state index contributed by atoms with van der Waals surface area (Å²) in [6.45, 7) is 7.48. The first kappa shape index (κ1) is 24.9.